The Morgan fingerprint density at radius 1 is 1.37 bits per heavy atom. The Morgan fingerprint density at radius 2 is 2.26 bits per heavy atom. The molecule has 3 nitrogen and oxygen atoms in total. The molecule has 1 unspecified atom stereocenters. The molecule has 1 aromatic heterocycles. The number of halogens is 1. The number of fused-ring (bicyclic) bond motifs is 1. The average Bonchev–Trinajstić information content (AvgIpc) is 3.04. The second-order valence-electron chi connectivity index (χ2n) is 5.03. The molecular formula is C15H19ClN2O. The lowest BCUT2D eigenvalue weighted by Crippen LogP contribution is -2.28. The van der Waals surface area contributed by atoms with Gasteiger partial charge < -0.3 is 14.6 Å². The highest BCUT2D eigenvalue weighted by Gasteiger charge is 2.14. The van der Waals surface area contributed by atoms with Gasteiger partial charge in [-0.25, -0.2) is 0 Å². The van der Waals surface area contributed by atoms with Crippen LogP contribution in [0.2, 0.25) is 5.02 Å². The van der Waals surface area contributed by atoms with Crippen molar-refractivity contribution in [2.24, 2.45) is 0 Å². The lowest BCUT2D eigenvalue weighted by Gasteiger charge is -2.11. The molecule has 0 spiro atoms. The van der Waals surface area contributed by atoms with E-state index in [1.807, 2.05) is 12.3 Å². The van der Waals surface area contributed by atoms with Gasteiger partial charge in [-0.15, -0.1) is 0 Å². The fraction of sp³-hybridized carbons (Fsp3) is 0.467. The van der Waals surface area contributed by atoms with E-state index in [-0.39, 0.29) is 0 Å². The Balaban J connectivity index is 1.56. The van der Waals surface area contributed by atoms with Crippen LogP contribution in [0.1, 0.15) is 12.8 Å². The van der Waals surface area contributed by atoms with Crippen LogP contribution in [0.15, 0.2) is 30.5 Å². The molecule has 1 aliphatic heterocycles. The zero-order valence-corrected chi connectivity index (χ0v) is 11.7. The number of nitrogens with one attached hydrogen (secondary N) is 1. The van der Waals surface area contributed by atoms with Gasteiger partial charge in [-0.2, -0.15) is 0 Å². The summed E-state index contributed by atoms with van der Waals surface area (Å²) >= 11 is 6.23. The Kier molecular flexibility index (Phi) is 4.06. The predicted molar refractivity (Wildman–Crippen MR) is 78.8 cm³/mol. The maximum Gasteiger partial charge on any atom is 0.0700 e. The Hall–Kier alpha value is -1.03. The van der Waals surface area contributed by atoms with Gasteiger partial charge in [-0.1, -0.05) is 29.8 Å². The number of benzene rings is 1. The summed E-state index contributed by atoms with van der Waals surface area (Å²) in [5, 5.41) is 5.42. The monoisotopic (exact) mass is 278 g/mol. The van der Waals surface area contributed by atoms with Crippen LogP contribution in [0.4, 0.5) is 0 Å². The van der Waals surface area contributed by atoms with E-state index >= 15 is 0 Å². The molecule has 1 atom stereocenters. The molecule has 3 rings (SSSR count). The molecule has 0 radical (unpaired) electrons. The summed E-state index contributed by atoms with van der Waals surface area (Å²) in [6, 6.07) is 8.25. The van der Waals surface area contributed by atoms with E-state index in [4.69, 9.17) is 16.3 Å². The standard InChI is InChI=1S/C15H19ClN2O/c16-14-11-18(15-6-2-1-5-13(14)15)8-7-17-10-12-4-3-9-19-12/h1-2,5-6,11-12,17H,3-4,7-10H2. The van der Waals surface area contributed by atoms with Crippen LogP contribution in [0.25, 0.3) is 10.9 Å². The van der Waals surface area contributed by atoms with E-state index in [0.717, 1.165) is 36.7 Å². The van der Waals surface area contributed by atoms with Crippen LogP contribution in [0.5, 0.6) is 0 Å². The van der Waals surface area contributed by atoms with Crippen LogP contribution in [-0.4, -0.2) is 30.4 Å². The minimum absolute atomic E-state index is 0.407. The maximum atomic E-state index is 6.23. The van der Waals surface area contributed by atoms with Crippen molar-refractivity contribution < 1.29 is 4.74 Å². The van der Waals surface area contributed by atoms with E-state index < -0.39 is 0 Å². The highest BCUT2D eigenvalue weighted by molar-refractivity contribution is 6.35. The number of rotatable bonds is 5. The average molecular weight is 279 g/mol. The number of para-hydroxylation sites is 1. The van der Waals surface area contributed by atoms with Gasteiger partial charge in [0.05, 0.1) is 11.1 Å². The van der Waals surface area contributed by atoms with Crippen LogP contribution in [0.3, 0.4) is 0 Å². The van der Waals surface area contributed by atoms with Gasteiger partial charge in [-0.05, 0) is 18.9 Å². The minimum Gasteiger partial charge on any atom is -0.377 e. The first-order valence-electron chi connectivity index (χ1n) is 6.90. The third kappa shape index (κ3) is 2.94. The third-order valence-corrected chi connectivity index (χ3v) is 3.97. The molecule has 102 valence electrons. The van der Waals surface area contributed by atoms with E-state index in [0.29, 0.717) is 6.10 Å². The van der Waals surface area contributed by atoms with Crippen LogP contribution < -0.4 is 5.32 Å². The fourth-order valence-corrected chi connectivity index (χ4v) is 2.93. The van der Waals surface area contributed by atoms with E-state index in [1.54, 1.807) is 0 Å². The molecule has 0 aliphatic carbocycles. The molecule has 1 fully saturated rings. The number of hydrogen-bond donors (Lipinski definition) is 1. The van der Waals surface area contributed by atoms with Crippen molar-refractivity contribution in [3.63, 3.8) is 0 Å². The van der Waals surface area contributed by atoms with Crippen LogP contribution in [-0.2, 0) is 11.3 Å². The van der Waals surface area contributed by atoms with Gasteiger partial charge in [0.1, 0.15) is 0 Å². The summed E-state index contributed by atoms with van der Waals surface area (Å²) in [7, 11) is 0. The first kappa shape index (κ1) is 13.0. The van der Waals surface area contributed by atoms with Crippen molar-refractivity contribution in [1.29, 1.82) is 0 Å². The van der Waals surface area contributed by atoms with E-state index in [1.165, 1.54) is 18.4 Å². The summed E-state index contributed by atoms with van der Waals surface area (Å²) in [6.45, 7) is 3.74. The molecule has 1 N–H and O–H groups in total. The van der Waals surface area contributed by atoms with E-state index in [9.17, 15) is 0 Å². The molecular weight excluding hydrogens is 260 g/mol. The molecule has 2 heterocycles. The van der Waals surface area contributed by atoms with Crippen molar-refractivity contribution in [2.45, 2.75) is 25.5 Å². The first-order chi connectivity index (χ1) is 9.34. The lowest BCUT2D eigenvalue weighted by atomic mass is 10.2. The van der Waals surface area contributed by atoms with Gasteiger partial charge in [-0.3, -0.25) is 0 Å². The zero-order valence-electron chi connectivity index (χ0n) is 10.9. The van der Waals surface area contributed by atoms with Gasteiger partial charge in [0, 0.05) is 43.3 Å². The fourth-order valence-electron chi connectivity index (χ4n) is 2.65. The quantitative estimate of drug-likeness (QED) is 0.851. The van der Waals surface area contributed by atoms with Crippen molar-refractivity contribution in [1.82, 2.24) is 9.88 Å². The lowest BCUT2D eigenvalue weighted by molar-refractivity contribution is 0.110. The van der Waals surface area contributed by atoms with Crippen molar-refractivity contribution in [3.8, 4) is 0 Å². The van der Waals surface area contributed by atoms with Crippen LogP contribution in [0, 0.1) is 0 Å². The van der Waals surface area contributed by atoms with Crippen molar-refractivity contribution >= 4 is 22.5 Å². The summed E-state index contributed by atoms with van der Waals surface area (Å²) in [6.07, 6.45) is 4.81. The van der Waals surface area contributed by atoms with Crippen molar-refractivity contribution in [3.05, 3.63) is 35.5 Å². The van der Waals surface area contributed by atoms with Gasteiger partial charge >= 0.3 is 0 Å². The third-order valence-electron chi connectivity index (χ3n) is 3.67. The molecule has 1 aromatic carbocycles. The number of hydrogen-bond acceptors (Lipinski definition) is 2. The minimum atomic E-state index is 0.407. The molecule has 1 aliphatic rings. The molecule has 0 saturated carbocycles. The molecule has 0 bridgehead atoms. The van der Waals surface area contributed by atoms with Gasteiger partial charge in [0.2, 0.25) is 0 Å². The number of ether oxygens (including phenoxy) is 1. The smallest absolute Gasteiger partial charge is 0.0700 e. The predicted octanol–water partition coefficient (Wildman–Crippen LogP) is 3.06. The second-order valence-corrected chi connectivity index (χ2v) is 5.43. The Labute approximate surface area is 118 Å². The highest BCUT2D eigenvalue weighted by atomic mass is 35.5. The van der Waals surface area contributed by atoms with E-state index in [2.05, 4.69) is 28.1 Å². The second kappa shape index (κ2) is 5.95. The first-order valence-corrected chi connectivity index (χ1v) is 7.28. The SMILES string of the molecule is Clc1cn(CCNCC2CCCO2)c2ccccc12. The largest absolute Gasteiger partial charge is 0.377 e. The van der Waals surface area contributed by atoms with Gasteiger partial charge in [0.15, 0.2) is 0 Å². The molecule has 19 heavy (non-hydrogen) atoms. The maximum absolute atomic E-state index is 6.23. The number of aromatic nitrogens is 1. The van der Waals surface area contributed by atoms with Gasteiger partial charge in [0.25, 0.3) is 0 Å². The van der Waals surface area contributed by atoms with Crippen molar-refractivity contribution in [2.75, 3.05) is 19.7 Å². The topological polar surface area (TPSA) is 26.2 Å². The summed E-state index contributed by atoms with van der Waals surface area (Å²) in [5.74, 6) is 0. The molecule has 2 aromatic rings. The summed E-state index contributed by atoms with van der Waals surface area (Å²) in [4.78, 5) is 0. The highest BCUT2D eigenvalue weighted by Crippen LogP contribution is 2.25. The number of nitrogens with zero attached hydrogens (tertiary/aromatic N) is 1. The summed E-state index contributed by atoms with van der Waals surface area (Å²) < 4.78 is 7.80. The Morgan fingerprint density at radius 3 is 3.11 bits per heavy atom. The summed E-state index contributed by atoms with van der Waals surface area (Å²) in [5.41, 5.74) is 1.20. The zero-order chi connectivity index (χ0) is 13.1. The Bertz CT molecular complexity index is 546. The molecule has 0 amide bonds. The van der Waals surface area contributed by atoms with Crippen LogP contribution >= 0.6 is 11.6 Å². The molecule has 1 saturated heterocycles. The normalized spacial score (nSPS) is 19.3. The molecule has 4 heteroatoms.